The van der Waals surface area contributed by atoms with Crippen LogP contribution in [-0.4, -0.2) is 25.3 Å². The molecule has 162 valence electrons. The Labute approximate surface area is 192 Å². The number of amides is 1. The number of amidine groups is 1. The van der Waals surface area contributed by atoms with Gasteiger partial charge in [-0.2, -0.15) is 0 Å². The van der Waals surface area contributed by atoms with Gasteiger partial charge in [0.25, 0.3) is 5.91 Å². The fraction of sp³-hybridized carbons (Fsp3) is 0.154. The molecular formula is C26H24N2O3S. The summed E-state index contributed by atoms with van der Waals surface area (Å²) in [5.74, 6) is 1.23. The van der Waals surface area contributed by atoms with E-state index < -0.39 is 0 Å². The topological polar surface area (TPSA) is 51.1 Å². The average Bonchev–Trinajstić information content (AvgIpc) is 3.10. The van der Waals surface area contributed by atoms with Gasteiger partial charge in [0.05, 0.1) is 30.5 Å². The van der Waals surface area contributed by atoms with Gasteiger partial charge in [0.2, 0.25) is 0 Å². The van der Waals surface area contributed by atoms with Crippen LogP contribution < -0.4 is 14.4 Å². The Morgan fingerprint density at radius 3 is 2.31 bits per heavy atom. The largest absolute Gasteiger partial charge is 0.497 e. The first-order chi connectivity index (χ1) is 15.5. The number of anilines is 1. The van der Waals surface area contributed by atoms with Crippen LogP contribution >= 0.6 is 11.8 Å². The zero-order valence-electron chi connectivity index (χ0n) is 18.5. The first-order valence-electron chi connectivity index (χ1n) is 10.2. The van der Waals surface area contributed by atoms with Crippen LogP contribution in [0, 0.1) is 13.8 Å². The van der Waals surface area contributed by atoms with E-state index in [4.69, 9.17) is 14.5 Å². The minimum Gasteiger partial charge on any atom is -0.497 e. The first-order valence-corrected chi connectivity index (χ1v) is 11.0. The summed E-state index contributed by atoms with van der Waals surface area (Å²) in [6, 6.07) is 21.2. The fourth-order valence-corrected chi connectivity index (χ4v) is 4.44. The molecule has 5 nitrogen and oxygen atoms in total. The van der Waals surface area contributed by atoms with E-state index in [1.54, 1.807) is 19.1 Å². The molecule has 1 aliphatic rings. The molecular weight excluding hydrogens is 420 g/mol. The van der Waals surface area contributed by atoms with Crippen LogP contribution in [0.5, 0.6) is 11.5 Å². The van der Waals surface area contributed by atoms with Crippen molar-refractivity contribution in [1.82, 2.24) is 0 Å². The zero-order valence-corrected chi connectivity index (χ0v) is 19.3. The lowest BCUT2D eigenvalue weighted by Crippen LogP contribution is -2.29. The Kier molecular flexibility index (Phi) is 6.32. The molecule has 0 unspecified atom stereocenters. The third kappa shape index (κ3) is 4.27. The standard InChI is InChI=1S/C26H24N2O3S/c1-17-9-5-7-11-21(17)27-26-28(22-12-8-6-10-18(22)2)25(29)24(32-26)16-19-15-20(30-3)13-14-23(19)31-4/h5-16H,1-4H3/b24-16-,27-26?. The molecule has 0 atom stereocenters. The van der Waals surface area contributed by atoms with E-state index in [9.17, 15) is 4.79 Å². The summed E-state index contributed by atoms with van der Waals surface area (Å²) < 4.78 is 10.8. The van der Waals surface area contributed by atoms with Crippen LogP contribution in [-0.2, 0) is 4.79 Å². The van der Waals surface area contributed by atoms with E-state index >= 15 is 0 Å². The van der Waals surface area contributed by atoms with E-state index in [1.165, 1.54) is 11.8 Å². The summed E-state index contributed by atoms with van der Waals surface area (Å²) in [7, 11) is 3.22. The van der Waals surface area contributed by atoms with Crippen molar-refractivity contribution in [2.45, 2.75) is 13.8 Å². The second-order valence-corrected chi connectivity index (χ2v) is 8.34. The molecule has 32 heavy (non-hydrogen) atoms. The number of aliphatic imine (C=N–C) groups is 1. The number of hydrogen-bond acceptors (Lipinski definition) is 5. The maximum atomic E-state index is 13.6. The summed E-state index contributed by atoms with van der Waals surface area (Å²) >= 11 is 1.35. The van der Waals surface area contributed by atoms with Crippen molar-refractivity contribution in [1.29, 1.82) is 0 Å². The molecule has 6 heteroatoms. The summed E-state index contributed by atoms with van der Waals surface area (Å²) in [4.78, 5) is 20.7. The van der Waals surface area contributed by atoms with Gasteiger partial charge in [-0.15, -0.1) is 0 Å². The molecule has 0 aliphatic carbocycles. The van der Waals surface area contributed by atoms with Gasteiger partial charge in [-0.25, -0.2) is 4.99 Å². The second-order valence-electron chi connectivity index (χ2n) is 7.33. The lowest BCUT2D eigenvalue weighted by molar-refractivity contribution is -0.113. The van der Waals surface area contributed by atoms with Crippen LogP contribution in [0.2, 0.25) is 0 Å². The molecule has 4 rings (SSSR count). The predicted octanol–water partition coefficient (Wildman–Crippen LogP) is 6.13. The molecule has 1 heterocycles. The fourth-order valence-electron chi connectivity index (χ4n) is 3.46. The monoisotopic (exact) mass is 444 g/mol. The van der Waals surface area contributed by atoms with Gasteiger partial charge in [0.15, 0.2) is 5.17 Å². The highest BCUT2D eigenvalue weighted by atomic mass is 32.2. The number of ether oxygens (including phenoxy) is 2. The Morgan fingerprint density at radius 2 is 1.62 bits per heavy atom. The van der Waals surface area contributed by atoms with Crippen LogP contribution in [0.3, 0.4) is 0 Å². The molecule has 1 saturated heterocycles. The molecule has 0 radical (unpaired) electrons. The molecule has 0 saturated carbocycles. The van der Waals surface area contributed by atoms with Crippen molar-refractivity contribution in [2.24, 2.45) is 4.99 Å². The average molecular weight is 445 g/mol. The van der Waals surface area contributed by atoms with Crippen LogP contribution in [0.1, 0.15) is 16.7 Å². The third-order valence-electron chi connectivity index (χ3n) is 5.22. The van der Waals surface area contributed by atoms with Gasteiger partial charge in [0, 0.05) is 5.56 Å². The SMILES string of the molecule is COc1ccc(OC)c(/C=C2\SC(=Nc3ccccc3C)N(c3ccccc3C)C2=O)c1. The highest BCUT2D eigenvalue weighted by Crippen LogP contribution is 2.40. The van der Waals surface area contributed by atoms with E-state index in [2.05, 4.69) is 0 Å². The third-order valence-corrected chi connectivity index (χ3v) is 6.19. The van der Waals surface area contributed by atoms with Gasteiger partial charge in [0.1, 0.15) is 11.5 Å². The number of methoxy groups -OCH3 is 2. The van der Waals surface area contributed by atoms with Crippen LogP contribution in [0.15, 0.2) is 76.6 Å². The number of aryl methyl sites for hydroxylation is 2. The van der Waals surface area contributed by atoms with E-state index in [-0.39, 0.29) is 5.91 Å². The molecule has 3 aromatic carbocycles. The number of carbonyl (C=O) groups excluding carboxylic acids is 1. The number of thioether (sulfide) groups is 1. The van der Waals surface area contributed by atoms with E-state index in [0.29, 0.717) is 21.6 Å². The summed E-state index contributed by atoms with van der Waals surface area (Å²) in [5, 5.41) is 0.617. The predicted molar refractivity (Wildman–Crippen MR) is 132 cm³/mol. The van der Waals surface area contributed by atoms with Crippen molar-refractivity contribution < 1.29 is 14.3 Å². The number of benzene rings is 3. The molecule has 1 aliphatic heterocycles. The van der Waals surface area contributed by atoms with E-state index in [0.717, 1.165) is 28.1 Å². The van der Waals surface area contributed by atoms with Crippen molar-refractivity contribution >= 4 is 40.3 Å². The van der Waals surface area contributed by atoms with Gasteiger partial charge >= 0.3 is 0 Å². The molecule has 0 N–H and O–H groups in total. The Hall–Kier alpha value is -3.51. The highest BCUT2D eigenvalue weighted by molar-refractivity contribution is 8.19. The maximum Gasteiger partial charge on any atom is 0.271 e. The molecule has 1 amide bonds. The normalized spacial score (nSPS) is 16.1. The van der Waals surface area contributed by atoms with Gasteiger partial charge in [-0.3, -0.25) is 9.69 Å². The zero-order chi connectivity index (χ0) is 22.7. The minimum absolute atomic E-state index is 0.124. The lowest BCUT2D eigenvalue weighted by atomic mass is 10.1. The Morgan fingerprint density at radius 1 is 0.906 bits per heavy atom. The minimum atomic E-state index is -0.124. The number of nitrogens with zero attached hydrogens (tertiary/aromatic N) is 2. The number of rotatable bonds is 5. The Balaban J connectivity index is 1.84. The Bertz CT molecular complexity index is 1230. The van der Waals surface area contributed by atoms with Crippen LogP contribution in [0.4, 0.5) is 11.4 Å². The maximum absolute atomic E-state index is 13.6. The summed E-state index contributed by atoms with van der Waals surface area (Å²) in [6.07, 6.45) is 1.83. The first kappa shape index (κ1) is 21.7. The molecule has 0 spiro atoms. The molecule has 0 bridgehead atoms. The van der Waals surface area contributed by atoms with Crippen LogP contribution in [0.25, 0.3) is 6.08 Å². The summed E-state index contributed by atoms with van der Waals surface area (Å²) in [5.41, 5.74) is 4.47. The molecule has 0 aromatic heterocycles. The quantitative estimate of drug-likeness (QED) is 0.444. The number of hydrogen-bond donors (Lipinski definition) is 0. The van der Waals surface area contributed by atoms with Gasteiger partial charge in [-0.1, -0.05) is 36.4 Å². The van der Waals surface area contributed by atoms with E-state index in [1.807, 2.05) is 86.7 Å². The lowest BCUT2D eigenvalue weighted by Gasteiger charge is -2.18. The molecule has 3 aromatic rings. The van der Waals surface area contributed by atoms with Crippen molar-refractivity contribution in [3.8, 4) is 11.5 Å². The van der Waals surface area contributed by atoms with Crippen molar-refractivity contribution in [3.05, 3.63) is 88.3 Å². The molecule has 1 fully saturated rings. The number of carbonyl (C=O) groups is 1. The number of para-hydroxylation sites is 2. The highest BCUT2D eigenvalue weighted by Gasteiger charge is 2.35. The second kappa shape index (κ2) is 9.32. The van der Waals surface area contributed by atoms with Gasteiger partial charge < -0.3 is 9.47 Å². The van der Waals surface area contributed by atoms with Crippen molar-refractivity contribution in [2.75, 3.05) is 19.1 Å². The smallest absolute Gasteiger partial charge is 0.271 e. The van der Waals surface area contributed by atoms with Crippen molar-refractivity contribution in [3.63, 3.8) is 0 Å². The van der Waals surface area contributed by atoms with Gasteiger partial charge in [-0.05, 0) is 73.1 Å². The summed E-state index contributed by atoms with van der Waals surface area (Å²) in [6.45, 7) is 4.00.